The highest BCUT2D eigenvalue weighted by Crippen LogP contribution is 2.40. The van der Waals surface area contributed by atoms with Gasteiger partial charge in [-0.1, -0.05) is 6.92 Å². The number of benzene rings is 2. The number of aromatic nitrogens is 1. The Morgan fingerprint density at radius 1 is 1.00 bits per heavy atom. The van der Waals surface area contributed by atoms with Crippen LogP contribution in [0.25, 0.3) is 11.1 Å². The first-order chi connectivity index (χ1) is 18.0. The van der Waals surface area contributed by atoms with Crippen LogP contribution in [0.5, 0.6) is 11.6 Å². The summed E-state index contributed by atoms with van der Waals surface area (Å²) in [6.07, 6.45) is 5.07. The van der Waals surface area contributed by atoms with Gasteiger partial charge in [0.25, 0.3) is 0 Å². The zero-order valence-electron chi connectivity index (χ0n) is 22.4. The molecular weight excluding hydrogens is 488 g/mol. The predicted molar refractivity (Wildman–Crippen MR) is 141 cm³/mol. The molecule has 1 heterocycles. The summed E-state index contributed by atoms with van der Waals surface area (Å²) in [5.41, 5.74) is 4.22. The van der Waals surface area contributed by atoms with Gasteiger partial charge in [-0.2, -0.15) is 0 Å². The van der Waals surface area contributed by atoms with Gasteiger partial charge in [0.15, 0.2) is 0 Å². The molecule has 3 aromatic rings. The molecule has 0 radical (unpaired) electrons. The first-order valence-corrected chi connectivity index (χ1v) is 13.2. The lowest BCUT2D eigenvalue weighted by Gasteiger charge is -2.43. The van der Waals surface area contributed by atoms with Gasteiger partial charge < -0.3 is 19.7 Å². The minimum Gasteiger partial charge on any atom is -0.490 e. The largest absolute Gasteiger partial charge is 0.490 e. The number of hydrogen-bond donors (Lipinski definition) is 2. The summed E-state index contributed by atoms with van der Waals surface area (Å²) in [5.74, 6) is 0.382. The molecule has 0 spiro atoms. The van der Waals surface area contributed by atoms with Gasteiger partial charge in [-0.15, -0.1) is 0 Å². The molecule has 1 fully saturated rings. The number of rotatable bonds is 8. The number of hydrogen-bond acceptors (Lipinski definition) is 5. The fraction of sp³-hybridized carbons (Fsp3) is 0.452. The summed E-state index contributed by atoms with van der Waals surface area (Å²) < 4.78 is 41.7. The third kappa shape index (κ3) is 5.27. The lowest BCUT2D eigenvalue weighted by atomic mass is 9.72. The molecule has 0 amide bonds. The van der Waals surface area contributed by atoms with E-state index in [0.29, 0.717) is 41.5 Å². The highest BCUT2D eigenvalue weighted by atomic mass is 19.1. The van der Waals surface area contributed by atoms with Crippen molar-refractivity contribution < 1.29 is 28.5 Å². The second-order valence-corrected chi connectivity index (χ2v) is 11.4. The van der Waals surface area contributed by atoms with Gasteiger partial charge in [-0.3, -0.25) is 0 Å². The SMILES string of the molecule is Cc1cc(OC2CC(C(C)(O)CO)C2)cc(C)c1-c1cc(COc2cc3c(cn2)CC(C)C3)c(F)cc1F. The first-order valence-electron chi connectivity index (χ1n) is 13.2. The van der Waals surface area contributed by atoms with Crippen LogP contribution in [-0.2, 0) is 19.4 Å². The average Bonchev–Trinajstić information content (AvgIpc) is 3.20. The second kappa shape index (κ2) is 10.3. The maximum absolute atomic E-state index is 15.0. The van der Waals surface area contributed by atoms with Gasteiger partial charge in [-0.05, 0) is 104 Å². The van der Waals surface area contributed by atoms with Gasteiger partial charge in [0.1, 0.15) is 24.0 Å². The number of halogens is 2. The molecule has 2 aliphatic rings. The van der Waals surface area contributed by atoms with Crippen molar-refractivity contribution in [1.82, 2.24) is 4.98 Å². The average molecular weight is 524 g/mol. The van der Waals surface area contributed by atoms with Crippen molar-refractivity contribution in [1.29, 1.82) is 0 Å². The maximum atomic E-state index is 15.0. The van der Waals surface area contributed by atoms with E-state index in [4.69, 9.17) is 9.47 Å². The van der Waals surface area contributed by atoms with Crippen LogP contribution in [0, 0.1) is 37.3 Å². The summed E-state index contributed by atoms with van der Waals surface area (Å²) in [5, 5.41) is 19.6. The van der Waals surface area contributed by atoms with Crippen molar-refractivity contribution in [2.24, 2.45) is 11.8 Å². The third-order valence-electron chi connectivity index (χ3n) is 8.08. The van der Waals surface area contributed by atoms with E-state index >= 15 is 4.39 Å². The quantitative estimate of drug-likeness (QED) is 0.387. The molecule has 7 heteroatoms. The van der Waals surface area contributed by atoms with Crippen molar-refractivity contribution in [3.8, 4) is 22.8 Å². The molecule has 38 heavy (non-hydrogen) atoms. The number of nitrogens with zero attached hydrogens (tertiary/aromatic N) is 1. The molecule has 1 saturated carbocycles. The van der Waals surface area contributed by atoms with E-state index in [1.54, 1.807) is 6.92 Å². The highest BCUT2D eigenvalue weighted by molar-refractivity contribution is 5.73. The van der Waals surface area contributed by atoms with Gasteiger partial charge in [0, 0.05) is 29.5 Å². The molecule has 2 aliphatic carbocycles. The van der Waals surface area contributed by atoms with Gasteiger partial charge in [-0.25, -0.2) is 13.8 Å². The van der Waals surface area contributed by atoms with E-state index < -0.39 is 17.2 Å². The smallest absolute Gasteiger partial charge is 0.213 e. The van der Waals surface area contributed by atoms with Crippen LogP contribution in [0.4, 0.5) is 8.78 Å². The molecular formula is C31H35F2NO4. The minimum atomic E-state index is -1.10. The zero-order valence-corrected chi connectivity index (χ0v) is 22.4. The number of fused-ring (bicyclic) bond motifs is 1. The molecule has 5 rings (SSSR count). The van der Waals surface area contributed by atoms with Crippen molar-refractivity contribution >= 4 is 0 Å². The molecule has 0 aliphatic heterocycles. The van der Waals surface area contributed by atoms with E-state index in [2.05, 4.69) is 11.9 Å². The van der Waals surface area contributed by atoms with Crippen molar-refractivity contribution in [2.45, 2.75) is 71.7 Å². The minimum absolute atomic E-state index is 0.0107. The van der Waals surface area contributed by atoms with Crippen LogP contribution in [0.15, 0.2) is 36.5 Å². The number of aryl methyl sites for hydroxylation is 2. The summed E-state index contributed by atoms with van der Waals surface area (Å²) in [6.45, 7) is 7.26. The maximum Gasteiger partial charge on any atom is 0.213 e. The lowest BCUT2D eigenvalue weighted by molar-refractivity contribution is -0.104. The molecule has 5 nitrogen and oxygen atoms in total. The third-order valence-corrected chi connectivity index (χ3v) is 8.08. The molecule has 2 aromatic carbocycles. The topological polar surface area (TPSA) is 71.8 Å². The van der Waals surface area contributed by atoms with Crippen LogP contribution < -0.4 is 9.47 Å². The summed E-state index contributed by atoms with van der Waals surface area (Å²) >= 11 is 0. The Morgan fingerprint density at radius 2 is 1.68 bits per heavy atom. The molecule has 0 saturated heterocycles. The Hall–Kier alpha value is -3.03. The number of pyridine rings is 1. The van der Waals surface area contributed by atoms with Crippen LogP contribution in [0.3, 0.4) is 0 Å². The van der Waals surface area contributed by atoms with Gasteiger partial charge in [0.05, 0.1) is 18.3 Å². The van der Waals surface area contributed by atoms with E-state index in [0.717, 1.165) is 30.0 Å². The number of aliphatic hydroxyl groups is 2. The molecule has 1 aromatic heterocycles. The van der Waals surface area contributed by atoms with Crippen LogP contribution in [-0.4, -0.2) is 33.5 Å². The second-order valence-electron chi connectivity index (χ2n) is 11.4. The van der Waals surface area contributed by atoms with E-state index in [1.807, 2.05) is 38.2 Å². The molecule has 2 atom stereocenters. The number of ether oxygens (including phenoxy) is 2. The summed E-state index contributed by atoms with van der Waals surface area (Å²) in [7, 11) is 0. The Labute approximate surface area is 222 Å². The fourth-order valence-electron chi connectivity index (χ4n) is 5.73. The van der Waals surface area contributed by atoms with Crippen molar-refractivity contribution in [3.63, 3.8) is 0 Å². The van der Waals surface area contributed by atoms with E-state index in [-0.39, 0.29) is 30.8 Å². The van der Waals surface area contributed by atoms with Crippen molar-refractivity contribution in [2.75, 3.05) is 6.61 Å². The van der Waals surface area contributed by atoms with Crippen molar-refractivity contribution in [3.05, 3.63) is 76.0 Å². The summed E-state index contributed by atoms with van der Waals surface area (Å²) in [6, 6.07) is 8.06. The Balaban J connectivity index is 1.32. The van der Waals surface area contributed by atoms with Gasteiger partial charge in [0.2, 0.25) is 5.88 Å². The lowest BCUT2D eigenvalue weighted by Crippen LogP contribution is -2.49. The predicted octanol–water partition coefficient (Wildman–Crippen LogP) is 5.86. The van der Waals surface area contributed by atoms with E-state index in [9.17, 15) is 14.6 Å². The van der Waals surface area contributed by atoms with Gasteiger partial charge >= 0.3 is 0 Å². The zero-order chi connectivity index (χ0) is 27.2. The highest BCUT2D eigenvalue weighted by Gasteiger charge is 2.42. The van der Waals surface area contributed by atoms with Crippen LogP contribution in [0.1, 0.15) is 54.5 Å². The Morgan fingerprint density at radius 3 is 2.37 bits per heavy atom. The Bertz CT molecular complexity index is 1330. The first kappa shape index (κ1) is 26.6. The normalized spacial score (nSPS) is 21.9. The Kier molecular flexibility index (Phi) is 7.18. The van der Waals surface area contributed by atoms with Crippen LogP contribution >= 0.6 is 0 Å². The van der Waals surface area contributed by atoms with E-state index in [1.165, 1.54) is 17.2 Å². The standard InChI is InChI=1S/C31H35F2NO4/c1-17-5-20-10-29(34-14-21(20)6-17)37-15-22-9-26(28(33)13-27(22)32)30-18(2)7-24(8-19(30)3)38-25-11-23(12-25)31(4,36)16-35/h7-10,13-14,17,23,25,35-36H,5-6,11-12,15-16H2,1-4H3. The monoisotopic (exact) mass is 523 g/mol. The molecule has 0 bridgehead atoms. The molecule has 2 unspecified atom stereocenters. The summed E-state index contributed by atoms with van der Waals surface area (Å²) in [4.78, 5) is 4.36. The number of aliphatic hydroxyl groups excluding tert-OH is 1. The molecule has 202 valence electrons. The molecule has 2 N–H and O–H groups in total. The fourth-order valence-corrected chi connectivity index (χ4v) is 5.73. The van der Waals surface area contributed by atoms with Crippen LogP contribution in [0.2, 0.25) is 0 Å².